The average Bonchev–Trinajstić information content (AvgIpc) is 2.79. The number of allylic oxidation sites excluding steroid dienone is 4. The van der Waals surface area contributed by atoms with Gasteiger partial charge in [-0.3, -0.25) is 14.4 Å². The summed E-state index contributed by atoms with van der Waals surface area (Å²) in [6, 6.07) is 3.60. The van der Waals surface area contributed by atoms with Crippen molar-refractivity contribution in [3.05, 3.63) is 45.3 Å². The Morgan fingerprint density at radius 1 is 1.00 bits per heavy atom. The topological polar surface area (TPSA) is 93.1 Å². The Hall–Kier alpha value is -2.80. The Bertz CT molecular complexity index is 1050. The second kappa shape index (κ2) is 10.2. The molecule has 1 aromatic carbocycles. The van der Waals surface area contributed by atoms with Gasteiger partial charge >= 0.3 is 5.97 Å². The van der Waals surface area contributed by atoms with Crippen LogP contribution >= 0.6 is 11.6 Å². The van der Waals surface area contributed by atoms with E-state index in [1.165, 1.54) is 0 Å². The van der Waals surface area contributed by atoms with Crippen molar-refractivity contribution in [2.24, 2.45) is 0 Å². The van der Waals surface area contributed by atoms with Crippen LogP contribution in [-0.4, -0.2) is 47.3 Å². The van der Waals surface area contributed by atoms with Crippen LogP contribution in [0.3, 0.4) is 0 Å². The summed E-state index contributed by atoms with van der Waals surface area (Å²) in [5.74, 6) is -0.522. The molecule has 1 heterocycles. The number of carboxylic acids is 1. The van der Waals surface area contributed by atoms with E-state index in [9.17, 15) is 19.5 Å². The number of hydrogen-bond donors (Lipinski definition) is 1. The molecule has 0 spiro atoms. The molecule has 0 radical (unpaired) electrons. The highest BCUT2D eigenvalue weighted by Gasteiger charge is 2.43. The van der Waals surface area contributed by atoms with Gasteiger partial charge in [-0.1, -0.05) is 11.6 Å². The van der Waals surface area contributed by atoms with Crippen molar-refractivity contribution in [3.8, 4) is 11.5 Å². The smallest absolute Gasteiger partial charge is 0.305 e. The zero-order valence-corrected chi connectivity index (χ0v) is 20.4. The fourth-order valence-electron chi connectivity index (χ4n) is 5.33. The van der Waals surface area contributed by atoms with Crippen molar-refractivity contribution in [1.82, 2.24) is 4.90 Å². The predicted molar refractivity (Wildman–Crippen MR) is 127 cm³/mol. The van der Waals surface area contributed by atoms with Crippen molar-refractivity contribution in [2.45, 2.75) is 64.7 Å². The van der Waals surface area contributed by atoms with Crippen molar-refractivity contribution >= 4 is 29.1 Å². The molecule has 7 nitrogen and oxygen atoms in total. The maximum absolute atomic E-state index is 13.3. The van der Waals surface area contributed by atoms with Crippen LogP contribution in [0.15, 0.2) is 34.7 Å². The monoisotopic (exact) mass is 487 g/mol. The molecule has 4 rings (SSSR count). The van der Waals surface area contributed by atoms with E-state index < -0.39 is 11.9 Å². The molecule has 1 N–H and O–H groups in total. The molecule has 1 aliphatic heterocycles. The summed E-state index contributed by atoms with van der Waals surface area (Å²) in [6.07, 6.45) is 3.50. The van der Waals surface area contributed by atoms with E-state index in [1.54, 1.807) is 6.07 Å². The van der Waals surface area contributed by atoms with Gasteiger partial charge in [-0.05, 0) is 57.2 Å². The molecular weight excluding hydrogens is 458 g/mol. The third-order valence-electron chi connectivity index (χ3n) is 6.59. The van der Waals surface area contributed by atoms with Gasteiger partial charge in [-0.15, -0.1) is 0 Å². The maximum atomic E-state index is 13.3. The minimum Gasteiger partial charge on any atom is -0.490 e. The van der Waals surface area contributed by atoms with E-state index in [0.29, 0.717) is 79.4 Å². The van der Waals surface area contributed by atoms with Gasteiger partial charge < -0.3 is 19.5 Å². The van der Waals surface area contributed by atoms with E-state index in [2.05, 4.69) is 0 Å². The summed E-state index contributed by atoms with van der Waals surface area (Å²) < 4.78 is 11.5. The zero-order valence-electron chi connectivity index (χ0n) is 19.6. The molecule has 8 heteroatoms. The largest absolute Gasteiger partial charge is 0.490 e. The summed E-state index contributed by atoms with van der Waals surface area (Å²) in [4.78, 5) is 39.9. The number of carboxylic acid groups (broad SMARTS) is 1. The molecule has 1 aromatic rings. The van der Waals surface area contributed by atoms with Crippen LogP contribution < -0.4 is 9.47 Å². The second-order valence-corrected chi connectivity index (χ2v) is 9.11. The number of carbonyl (C=O) groups excluding carboxylic acids is 2. The molecular formula is C26H30ClNO6. The number of halogens is 1. The van der Waals surface area contributed by atoms with E-state index in [1.807, 2.05) is 24.8 Å². The van der Waals surface area contributed by atoms with Gasteiger partial charge in [0.2, 0.25) is 0 Å². The van der Waals surface area contributed by atoms with Gasteiger partial charge in [0, 0.05) is 47.8 Å². The van der Waals surface area contributed by atoms with Gasteiger partial charge in [0.05, 0.1) is 24.7 Å². The summed E-state index contributed by atoms with van der Waals surface area (Å²) in [5, 5.41) is 9.69. The van der Waals surface area contributed by atoms with Gasteiger partial charge in [0.15, 0.2) is 23.1 Å². The first kappa shape index (κ1) is 24.3. The molecule has 0 amide bonds. The third kappa shape index (κ3) is 4.45. The number of aliphatic carboxylic acids is 1. The lowest BCUT2D eigenvalue weighted by Gasteiger charge is -2.44. The first-order chi connectivity index (χ1) is 16.4. The van der Waals surface area contributed by atoms with Crippen LogP contribution in [0.25, 0.3) is 0 Å². The number of carbonyl (C=O) groups is 3. The van der Waals surface area contributed by atoms with Crippen LogP contribution in [0.1, 0.15) is 70.3 Å². The highest BCUT2D eigenvalue weighted by Crippen LogP contribution is 2.51. The zero-order chi connectivity index (χ0) is 24.4. The van der Waals surface area contributed by atoms with E-state index >= 15 is 0 Å². The fraction of sp³-hybridized carbons (Fsp3) is 0.500. The van der Waals surface area contributed by atoms with Crippen molar-refractivity contribution < 1.29 is 29.0 Å². The first-order valence-corrected chi connectivity index (χ1v) is 12.4. The Morgan fingerprint density at radius 3 is 2.12 bits per heavy atom. The summed E-state index contributed by atoms with van der Waals surface area (Å²) in [5.41, 5.74) is 3.60. The summed E-state index contributed by atoms with van der Waals surface area (Å²) in [6.45, 7) is 4.81. The Morgan fingerprint density at radius 2 is 1.59 bits per heavy atom. The first-order valence-electron chi connectivity index (χ1n) is 12.0. The summed E-state index contributed by atoms with van der Waals surface area (Å²) >= 11 is 6.62. The molecule has 0 fully saturated rings. The molecule has 0 aromatic heterocycles. The van der Waals surface area contributed by atoms with Crippen LogP contribution in [0.4, 0.5) is 0 Å². The number of nitrogens with zero attached hydrogens (tertiary/aromatic N) is 1. The van der Waals surface area contributed by atoms with Crippen LogP contribution in [0, 0.1) is 0 Å². The molecule has 0 unspecified atom stereocenters. The van der Waals surface area contributed by atoms with Crippen molar-refractivity contribution in [2.75, 3.05) is 19.8 Å². The molecule has 0 atom stereocenters. The quantitative estimate of drug-likeness (QED) is 0.549. The fourth-order valence-corrected chi connectivity index (χ4v) is 5.60. The van der Waals surface area contributed by atoms with E-state index in [4.69, 9.17) is 21.1 Å². The lowest BCUT2D eigenvalue weighted by Crippen LogP contribution is -2.39. The number of benzene rings is 1. The van der Waals surface area contributed by atoms with Crippen LogP contribution in [0.5, 0.6) is 11.5 Å². The second-order valence-electron chi connectivity index (χ2n) is 8.70. The SMILES string of the molecule is CCOc1cc(C2C3=C(CCCC3=O)N(CCC(=O)O)C3=C2C(=O)CCC3)cc(Cl)c1OCC. The molecule has 0 bridgehead atoms. The maximum Gasteiger partial charge on any atom is 0.305 e. The van der Waals surface area contributed by atoms with Gasteiger partial charge in [0.25, 0.3) is 0 Å². The van der Waals surface area contributed by atoms with Gasteiger partial charge in [-0.2, -0.15) is 0 Å². The summed E-state index contributed by atoms with van der Waals surface area (Å²) in [7, 11) is 0. The third-order valence-corrected chi connectivity index (χ3v) is 6.87. The molecule has 0 saturated carbocycles. The molecule has 34 heavy (non-hydrogen) atoms. The van der Waals surface area contributed by atoms with Crippen LogP contribution in [-0.2, 0) is 14.4 Å². The lowest BCUT2D eigenvalue weighted by molar-refractivity contribution is -0.137. The van der Waals surface area contributed by atoms with Gasteiger partial charge in [0.1, 0.15) is 0 Å². The lowest BCUT2D eigenvalue weighted by atomic mass is 9.71. The highest BCUT2D eigenvalue weighted by molar-refractivity contribution is 6.32. The number of Topliss-reactive ketones (excluding diaryl/α,β-unsaturated/α-hetero) is 2. The van der Waals surface area contributed by atoms with Crippen molar-refractivity contribution in [1.29, 1.82) is 0 Å². The van der Waals surface area contributed by atoms with Gasteiger partial charge in [-0.25, -0.2) is 0 Å². The van der Waals surface area contributed by atoms with E-state index in [0.717, 1.165) is 17.0 Å². The molecule has 0 saturated heterocycles. The number of hydrogen-bond acceptors (Lipinski definition) is 6. The van der Waals surface area contributed by atoms with E-state index in [-0.39, 0.29) is 24.5 Å². The minimum absolute atomic E-state index is 0.000495. The molecule has 3 aliphatic rings. The number of rotatable bonds is 8. The Balaban J connectivity index is 1.93. The van der Waals surface area contributed by atoms with Crippen LogP contribution in [0.2, 0.25) is 5.02 Å². The standard InChI is InChI=1S/C26H30ClNO6/c1-3-33-21-14-15(13-16(27)26(21)34-4-2)23-24-17(7-5-9-19(24)29)28(12-11-22(31)32)18-8-6-10-20(30)25(18)23/h13-14,23H,3-12H2,1-2H3,(H,31,32). The normalized spacial score (nSPS) is 18.7. The number of ketones is 2. The number of ether oxygens (including phenoxy) is 2. The predicted octanol–water partition coefficient (Wildman–Crippen LogP) is 5.03. The van der Waals surface area contributed by atoms with Crippen molar-refractivity contribution in [3.63, 3.8) is 0 Å². The minimum atomic E-state index is -0.907. The highest BCUT2D eigenvalue weighted by atomic mass is 35.5. The molecule has 2 aliphatic carbocycles. The Labute approximate surface area is 204 Å². The molecule has 182 valence electrons. The Kier molecular flexibility index (Phi) is 7.31. The average molecular weight is 488 g/mol.